The van der Waals surface area contributed by atoms with E-state index in [0.29, 0.717) is 40.8 Å². The monoisotopic (exact) mass is 453 g/mol. The molecule has 0 aliphatic rings. The van der Waals surface area contributed by atoms with E-state index < -0.39 is 0 Å². The molecule has 1 N–H and O–H groups in total. The van der Waals surface area contributed by atoms with Crippen LogP contribution in [0.2, 0.25) is 0 Å². The smallest absolute Gasteiger partial charge is 0.163 e. The van der Waals surface area contributed by atoms with Crippen LogP contribution in [0.5, 0.6) is 0 Å². The summed E-state index contributed by atoms with van der Waals surface area (Å²) in [5, 5.41) is 14.0. The number of benzene rings is 3. The van der Waals surface area contributed by atoms with Crippen LogP contribution in [0.1, 0.15) is 33.5 Å². The third kappa shape index (κ3) is 4.55. The number of hydrogen-bond donors (Lipinski definition) is 1. The standard InChI is InChI=1S/C29H19N5O/c1-2-19-4-3-5-23(14-19)33-29-28-25(17-31-18-32-28)24-12-11-22(15-26(24)34-29)27(35)13-10-20-6-8-21(16-30)9-7-20/h1,3-9,11-12,14-15,17-18H,10,13H2,(H,33,34). The summed E-state index contributed by atoms with van der Waals surface area (Å²) in [7, 11) is 0. The van der Waals surface area contributed by atoms with Gasteiger partial charge in [0.25, 0.3) is 0 Å². The van der Waals surface area contributed by atoms with Gasteiger partial charge in [0.15, 0.2) is 11.6 Å². The summed E-state index contributed by atoms with van der Waals surface area (Å²) in [4.78, 5) is 26.4. The molecule has 0 aliphatic heterocycles. The van der Waals surface area contributed by atoms with Crippen LogP contribution >= 0.6 is 0 Å². The van der Waals surface area contributed by atoms with E-state index in [1.54, 1.807) is 18.3 Å². The first-order valence-corrected chi connectivity index (χ1v) is 11.0. The first kappa shape index (κ1) is 21.8. The van der Waals surface area contributed by atoms with E-state index in [2.05, 4.69) is 27.3 Å². The van der Waals surface area contributed by atoms with Gasteiger partial charge in [-0.05, 0) is 48.4 Å². The Labute approximate surface area is 202 Å². The Morgan fingerprint density at radius 2 is 1.86 bits per heavy atom. The molecule has 6 nitrogen and oxygen atoms in total. The molecule has 35 heavy (non-hydrogen) atoms. The van der Waals surface area contributed by atoms with Crippen LogP contribution in [0.3, 0.4) is 0 Å². The summed E-state index contributed by atoms with van der Waals surface area (Å²) < 4.78 is 0. The molecule has 0 saturated heterocycles. The third-order valence-corrected chi connectivity index (χ3v) is 5.79. The number of fused-ring (bicyclic) bond motifs is 3. The normalized spacial score (nSPS) is 10.6. The van der Waals surface area contributed by atoms with Crippen molar-refractivity contribution in [3.8, 4) is 18.4 Å². The van der Waals surface area contributed by atoms with Gasteiger partial charge in [-0.3, -0.25) is 4.79 Å². The zero-order valence-electron chi connectivity index (χ0n) is 18.7. The van der Waals surface area contributed by atoms with E-state index in [1.807, 2.05) is 54.6 Å². The van der Waals surface area contributed by atoms with Crippen LogP contribution in [0.4, 0.5) is 11.5 Å². The molecule has 0 amide bonds. The number of terminal acetylenes is 1. The van der Waals surface area contributed by atoms with E-state index in [4.69, 9.17) is 16.7 Å². The lowest BCUT2D eigenvalue weighted by Crippen LogP contribution is -2.03. The van der Waals surface area contributed by atoms with Gasteiger partial charge in [0.2, 0.25) is 0 Å². The topological polar surface area (TPSA) is 91.6 Å². The lowest BCUT2D eigenvalue weighted by Gasteiger charge is -2.12. The molecule has 3 aromatic carbocycles. The van der Waals surface area contributed by atoms with Gasteiger partial charge in [0.05, 0.1) is 17.1 Å². The number of pyridine rings is 1. The second kappa shape index (κ2) is 9.43. The van der Waals surface area contributed by atoms with Crippen LogP contribution in [-0.2, 0) is 6.42 Å². The molecule has 0 bridgehead atoms. The summed E-state index contributed by atoms with van der Waals surface area (Å²) in [5.41, 5.74) is 5.11. The van der Waals surface area contributed by atoms with Gasteiger partial charge >= 0.3 is 0 Å². The predicted octanol–water partition coefficient (Wildman–Crippen LogP) is 5.59. The van der Waals surface area contributed by atoms with Crippen LogP contribution in [0, 0.1) is 23.7 Å². The Kier molecular flexibility index (Phi) is 5.86. The molecule has 2 aromatic heterocycles. The highest BCUT2D eigenvalue weighted by Crippen LogP contribution is 2.30. The zero-order valence-corrected chi connectivity index (χ0v) is 18.7. The number of carbonyl (C=O) groups excluding carboxylic acids is 1. The van der Waals surface area contributed by atoms with Crippen LogP contribution in [0.25, 0.3) is 21.8 Å². The molecule has 0 spiro atoms. The molecule has 0 saturated carbocycles. The van der Waals surface area contributed by atoms with Crippen molar-refractivity contribution in [2.75, 3.05) is 5.32 Å². The van der Waals surface area contributed by atoms with Crippen molar-refractivity contribution >= 4 is 39.1 Å². The van der Waals surface area contributed by atoms with E-state index in [1.165, 1.54) is 6.33 Å². The fourth-order valence-electron chi connectivity index (χ4n) is 3.97. The molecule has 2 heterocycles. The number of nitrogens with one attached hydrogen (secondary N) is 1. The van der Waals surface area contributed by atoms with Crippen LogP contribution < -0.4 is 5.32 Å². The Morgan fingerprint density at radius 1 is 1.00 bits per heavy atom. The second-order valence-corrected chi connectivity index (χ2v) is 8.06. The lowest BCUT2D eigenvalue weighted by molar-refractivity contribution is 0.0983. The number of ketones is 1. The predicted molar refractivity (Wildman–Crippen MR) is 136 cm³/mol. The molecule has 5 aromatic rings. The van der Waals surface area contributed by atoms with Crippen molar-refractivity contribution in [2.24, 2.45) is 0 Å². The largest absolute Gasteiger partial charge is 0.338 e. The number of Topliss-reactive ketones (excluding diaryl/α,β-unsaturated/α-hetero) is 1. The average Bonchev–Trinajstić information content (AvgIpc) is 2.92. The molecular formula is C29H19N5O. The maximum Gasteiger partial charge on any atom is 0.163 e. The Bertz CT molecular complexity index is 1660. The first-order valence-electron chi connectivity index (χ1n) is 11.0. The summed E-state index contributed by atoms with van der Waals surface area (Å²) in [6, 6.07) is 22.4. The number of rotatable bonds is 6. The van der Waals surface area contributed by atoms with Crippen molar-refractivity contribution in [2.45, 2.75) is 12.8 Å². The molecule has 0 unspecified atom stereocenters. The SMILES string of the molecule is C#Cc1cccc(Nc2nc3cc(C(=O)CCc4ccc(C#N)cc4)ccc3c3cncnc23)c1. The number of nitriles is 1. The molecule has 0 radical (unpaired) electrons. The van der Waals surface area contributed by atoms with Gasteiger partial charge in [-0.15, -0.1) is 6.42 Å². The number of hydrogen-bond acceptors (Lipinski definition) is 6. The van der Waals surface area contributed by atoms with Crippen molar-refractivity contribution in [3.05, 3.63) is 102 Å². The fourth-order valence-corrected chi connectivity index (χ4v) is 3.97. The maximum absolute atomic E-state index is 13.0. The molecule has 6 heteroatoms. The molecule has 0 atom stereocenters. The summed E-state index contributed by atoms with van der Waals surface area (Å²) in [6.45, 7) is 0. The summed E-state index contributed by atoms with van der Waals surface area (Å²) in [5.74, 6) is 3.22. The van der Waals surface area contributed by atoms with Gasteiger partial charge in [-0.1, -0.05) is 36.3 Å². The van der Waals surface area contributed by atoms with E-state index in [9.17, 15) is 4.79 Å². The fraction of sp³-hybridized carbons (Fsp3) is 0.0690. The molecule has 0 aliphatic carbocycles. The quantitative estimate of drug-likeness (QED) is 0.205. The van der Waals surface area contributed by atoms with E-state index in [0.717, 1.165) is 27.6 Å². The van der Waals surface area contributed by atoms with Crippen LogP contribution in [-0.4, -0.2) is 20.7 Å². The minimum Gasteiger partial charge on any atom is -0.338 e. The van der Waals surface area contributed by atoms with Crippen molar-refractivity contribution < 1.29 is 4.79 Å². The van der Waals surface area contributed by atoms with Crippen LogP contribution in [0.15, 0.2) is 79.3 Å². The minimum absolute atomic E-state index is 0.0266. The molecule has 166 valence electrons. The number of carbonyl (C=O) groups is 1. The maximum atomic E-state index is 13.0. The Hall–Kier alpha value is -5.07. The summed E-state index contributed by atoms with van der Waals surface area (Å²) >= 11 is 0. The van der Waals surface area contributed by atoms with E-state index in [-0.39, 0.29) is 5.78 Å². The van der Waals surface area contributed by atoms with Crippen molar-refractivity contribution in [1.82, 2.24) is 15.0 Å². The zero-order chi connectivity index (χ0) is 24.2. The number of nitrogens with zero attached hydrogens (tertiary/aromatic N) is 4. The molecular weight excluding hydrogens is 434 g/mol. The molecule has 0 fully saturated rings. The summed E-state index contributed by atoms with van der Waals surface area (Å²) in [6.07, 6.45) is 9.73. The molecule has 5 rings (SSSR count). The number of anilines is 2. The van der Waals surface area contributed by atoms with Gasteiger partial charge in [0.1, 0.15) is 11.8 Å². The Morgan fingerprint density at radius 3 is 2.66 bits per heavy atom. The second-order valence-electron chi connectivity index (χ2n) is 8.06. The van der Waals surface area contributed by atoms with Crippen molar-refractivity contribution in [1.29, 1.82) is 5.26 Å². The highest BCUT2D eigenvalue weighted by atomic mass is 16.1. The van der Waals surface area contributed by atoms with Gasteiger partial charge in [-0.25, -0.2) is 15.0 Å². The van der Waals surface area contributed by atoms with Gasteiger partial charge < -0.3 is 5.32 Å². The number of aromatic nitrogens is 3. The van der Waals surface area contributed by atoms with E-state index >= 15 is 0 Å². The first-order chi connectivity index (χ1) is 17.1. The van der Waals surface area contributed by atoms with Crippen molar-refractivity contribution in [3.63, 3.8) is 0 Å². The highest BCUT2D eigenvalue weighted by Gasteiger charge is 2.13. The highest BCUT2D eigenvalue weighted by molar-refractivity contribution is 6.10. The van der Waals surface area contributed by atoms with Gasteiger partial charge in [-0.2, -0.15) is 5.26 Å². The minimum atomic E-state index is 0.0266. The average molecular weight is 454 g/mol. The third-order valence-electron chi connectivity index (χ3n) is 5.79. The van der Waals surface area contributed by atoms with Gasteiger partial charge in [0, 0.05) is 40.2 Å². The lowest BCUT2D eigenvalue weighted by atomic mass is 10.00. The Balaban J connectivity index is 1.47. The number of aryl methyl sites for hydroxylation is 1.